The van der Waals surface area contributed by atoms with E-state index in [1.54, 1.807) is 0 Å². The van der Waals surface area contributed by atoms with Crippen molar-refractivity contribution in [2.75, 3.05) is 6.54 Å². The van der Waals surface area contributed by atoms with Crippen molar-refractivity contribution in [3.63, 3.8) is 0 Å². The highest BCUT2D eigenvalue weighted by Gasteiger charge is 2.14. The number of aromatic nitrogens is 3. The molecule has 0 radical (unpaired) electrons. The van der Waals surface area contributed by atoms with E-state index in [1.165, 1.54) is 11.1 Å². The van der Waals surface area contributed by atoms with E-state index in [1.807, 2.05) is 4.68 Å². The molecule has 102 valence electrons. The minimum absolute atomic E-state index is 0.333. The van der Waals surface area contributed by atoms with Crippen LogP contribution >= 0.6 is 0 Å². The van der Waals surface area contributed by atoms with Gasteiger partial charge in [0.2, 0.25) is 0 Å². The molecular weight excluding hydrogens is 236 g/mol. The third-order valence-electron chi connectivity index (χ3n) is 3.01. The molecule has 0 amide bonds. The lowest BCUT2D eigenvalue weighted by molar-refractivity contribution is 0.712. The number of hydrogen-bond donors (Lipinski definition) is 1. The summed E-state index contributed by atoms with van der Waals surface area (Å²) in [4.78, 5) is 4.61. The largest absolute Gasteiger partial charge is 0.330 e. The van der Waals surface area contributed by atoms with Crippen LogP contribution in [-0.2, 0) is 6.42 Å². The Morgan fingerprint density at radius 3 is 2.32 bits per heavy atom. The van der Waals surface area contributed by atoms with Crippen LogP contribution in [0, 0.1) is 13.8 Å². The van der Waals surface area contributed by atoms with Crippen molar-refractivity contribution in [3.8, 4) is 5.69 Å². The van der Waals surface area contributed by atoms with Crippen molar-refractivity contribution in [2.24, 2.45) is 5.73 Å². The zero-order valence-corrected chi connectivity index (χ0v) is 12.1. The van der Waals surface area contributed by atoms with E-state index < -0.39 is 0 Å². The highest BCUT2D eigenvalue weighted by Crippen LogP contribution is 2.19. The van der Waals surface area contributed by atoms with Gasteiger partial charge in [-0.3, -0.25) is 0 Å². The first-order valence-electron chi connectivity index (χ1n) is 6.76. The molecule has 19 heavy (non-hydrogen) atoms. The SMILES string of the molecule is Cc1cc(C)cc(-n2nc(CCN)nc2C(C)C)c1. The minimum Gasteiger partial charge on any atom is -0.330 e. The van der Waals surface area contributed by atoms with E-state index in [4.69, 9.17) is 5.73 Å². The molecule has 2 aromatic rings. The van der Waals surface area contributed by atoms with E-state index in [2.05, 4.69) is 56.0 Å². The summed E-state index contributed by atoms with van der Waals surface area (Å²) in [5.74, 6) is 2.15. The van der Waals surface area contributed by atoms with Gasteiger partial charge < -0.3 is 5.73 Å². The van der Waals surface area contributed by atoms with Gasteiger partial charge in [0.15, 0.2) is 5.82 Å². The molecule has 2 rings (SSSR count). The lowest BCUT2D eigenvalue weighted by Crippen LogP contribution is -2.06. The Hall–Kier alpha value is -1.68. The Labute approximate surface area is 114 Å². The topological polar surface area (TPSA) is 56.7 Å². The van der Waals surface area contributed by atoms with E-state index in [0.29, 0.717) is 12.5 Å². The maximum Gasteiger partial charge on any atom is 0.152 e. The van der Waals surface area contributed by atoms with Gasteiger partial charge in [-0.25, -0.2) is 9.67 Å². The van der Waals surface area contributed by atoms with Crippen LogP contribution < -0.4 is 5.73 Å². The molecule has 0 unspecified atom stereocenters. The second-order valence-corrected chi connectivity index (χ2v) is 5.34. The number of aryl methyl sites for hydroxylation is 2. The molecule has 4 nitrogen and oxygen atoms in total. The Morgan fingerprint density at radius 1 is 1.16 bits per heavy atom. The first-order valence-corrected chi connectivity index (χ1v) is 6.76. The molecule has 1 aromatic heterocycles. The molecular formula is C15H22N4. The third kappa shape index (κ3) is 3.01. The molecule has 1 aromatic carbocycles. The molecule has 4 heteroatoms. The highest BCUT2D eigenvalue weighted by molar-refractivity contribution is 5.39. The maximum atomic E-state index is 5.59. The van der Waals surface area contributed by atoms with Gasteiger partial charge in [0, 0.05) is 12.3 Å². The van der Waals surface area contributed by atoms with Gasteiger partial charge in [0.05, 0.1) is 5.69 Å². The van der Waals surface area contributed by atoms with Gasteiger partial charge in [-0.05, 0) is 43.7 Å². The van der Waals surface area contributed by atoms with Crippen LogP contribution in [0.3, 0.4) is 0 Å². The average Bonchev–Trinajstić information content (AvgIpc) is 2.72. The predicted molar refractivity (Wildman–Crippen MR) is 77.7 cm³/mol. The summed E-state index contributed by atoms with van der Waals surface area (Å²) in [5.41, 5.74) is 9.15. The first kappa shape index (κ1) is 13.7. The fraction of sp³-hybridized carbons (Fsp3) is 0.467. The summed E-state index contributed by atoms with van der Waals surface area (Å²) in [6.07, 6.45) is 0.720. The van der Waals surface area contributed by atoms with Gasteiger partial charge in [0.1, 0.15) is 5.82 Å². The molecule has 2 N–H and O–H groups in total. The van der Waals surface area contributed by atoms with Gasteiger partial charge in [-0.1, -0.05) is 19.9 Å². The summed E-state index contributed by atoms with van der Waals surface area (Å²) in [5, 5.41) is 4.60. The molecule has 0 saturated heterocycles. The standard InChI is InChI=1S/C15H22N4/c1-10(2)15-17-14(5-6-16)18-19(15)13-8-11(3)7-12(4)9-13/h7-10H,5-6,16H2,1-4H3. The van der Waals surface area contributed by atoms with Crippen LogP contribution in [0.5, 0.6) is 0 Å². The number of nitrogens with zero attached hydrogens (tertiary/aromatic N) is 3. The first-order chi connectivity index (χ1) is 9.01. The van der Waals surface area contributed by atoms with Crippen LogP contribution in [0.1, 0.15) is 42.5 Å². The normalized spacial score (nSPS) is 11.3. The molecule has 0 bridgehead atoms. The molecule has 0 atom stereocenters. The summed E-state index contributed by atoms with van der Waals surface area (Å²) in [6, 6.07) is 6.44. The van der Waals surface area contributed by atoms with Crippen molar-refractivity contribution in [1.82, 2.24) is 14.8 Å². The lowest BCUT2D eigenvalue weighted by Gasteiger charge is -2.10. The Bertz CT molecular complexity index is 549. The van der Waals surface area contributed by atoms with Crippen molar-refractivity contribution < 1.29 is 0 Å². The minimum atomic E-state index is 0.333. The van der Waals surface area contributed by atoms with E-state index in [-0.39, 0.29) is 0 Å². The number of benzene rings is 1. The van der Waals surface area contributed by atoms with Gasteiger partial charge in [-0.2, -0.15) is 5.10 Å². The van der Waals surface area contributed by atoms with Crippen molar-refractivity contribution in [2.45, 2.75) is 40.0 Å². The second-order valence-electron chi connectivity index (χ2n) is 5.34. The zero-order valence-electron chi connectivity index (χ0n) is 12.1. The van der Waals surface area contributed by atoms with E-state index >= 15 is 0 Å². The van der Waals surface area contributed by atoms with Crippen molar-refractivity contribution in [1.29, 1.82) is 0 Å². The van der Waals surface area contributed by atoms with Gasteiger partial charge >= 0.3 is 0 Å². The Kier molecular flexibility index (Phi) is 4.00. The van der Waals surface area contributed by atoms with Crippen molar-refractivity contribution in [3.05, 3.63) is 41.0 Å². The molecule has 0 saturated carbocycles. The summed E-state index contributed by atoms with van der Waals surface area (Å²) >= 11 is 0. The van der Waals surface area contributed by atoms with Crippen LogP contribution in [0.2, 0.25) is 0 Å². The predicted octanol–water partition coefficient (Wildman–Crippen LogP) is 2.51. The third-order valence-corrected chi connectivity index (χ3v) is 3.01. The molecule has 0 spiro atoms. The average molecular weight is 258 g/mol. The zero-order chi connectivity index (χ0) is 14.0. The molecule has 0 aliphatic carbocycles. The van der Waals surface area contributed by atoms with Crippen LogP contribution in [-0.4, -0.2) is 21.3 Å². The van der Waals surface area contributed by atoms with Gasteiger partial charge in [0.25, 0.3) is 0 Å². The highest BCUT2D eigenvalue weighted by atomic mass is 15.4. The number of nitrogens with two attached hydrogens (primary N) is 1. The molecule has 0 aliphatic rings. The fourth-order valence-electron chi connectivity index (χ4n) is 2.24. The summed E-state index contributed by atoms with van der Waals surface area (Å²) in [7, 11) is 0. The molecule has 0 aliphatic heterocycles. The maximum absolute atomic E-state index is 5.59. The van der Waals surface area contributed by atoms with E-state index in [0.717, 1.165) is 23.8 Å². The van der Waals surface area contributed by atoms with Crippen LogP contribution in [0.15, 0.2) is 18.2 Å². The van der Waals surface area contributed by atoms with E-state index in [9.17, 15) is 0 Å². The smallest absolute Gasteiger partial charge is 0.152 e. The van der Waals surface area contributed by atoms with Crippen molar-refractivity contribution >= 4 is 0 Å². The number of hydrogen-bond acceptors (Lipinski definition) is 3. The van der Waals surface area contributed by atoms with Gasteiger partial charge in [-0.15, -0.1) is 0 Å². The monoisotopic (exact) mass is 258 g/mol. The Balaban J connectivity index is 2.52. The van der Waals surface area contributed by atoms with Crippen LogP contribution in [0.4, 0.5) is 0 Å². The molecule has 0 fully saturated rings. The fourth-order valence-corrected chi connectivity index (χ4v) is 2.24. The molecule has 1 heterocycles. The second kappa shape index (κ2) is 5.53. The summed E-state index contributed by atoms with van der Waals surface area (Å²) in [6.45, 7) is 9.05. The Morgan fingerprint density at radius 2 is 1.79 bits per heavy atom. The van der Waals surface area contributed by atoms with Crippen LogP contribution in [0.25, 0.3) is 5.69 Å². The number of rotatable bonds is 4. The quantitative estimate of drug-likeness (QED) is 0.916. The summed E-state index contributed by atoms with van der Waals surface area (Å²) < 4.78 is 1.95. The lowest BCUT2D eigenvalue weighted by atomic mass is 10.1.